The molecule has 3 aromatic rings. The van der Waals surface area contributed by atoms with Crippen LogP contribution in [0.4, 0.5) is 11.4 Å². The molecule has 1 aliphatic carbocycles. The number of amides is 1. The lowest BCUT2D eigenvalue weighted by Crippen LogP contribution is -2.44. The van der Waals surface area contributed by atoms with Crippen LogP contribution in [0.2, 0.25) is 0 Å². The molecule has 5 nitrogen and oxygen atoms in total. The first-order valence-electron chi connectivity index (χ1n) is 11.1. The Labute approximate surface area is 187 Å². The van der Waals surface area contributed by atoms with E-state index in [4.69, 9.17) is 4.42 Å². The van der Waals surface area contributed by atoms with E-state index in [1.54, 1.807) is 17.2 Å². The van der Waals surface area contributed by atoms with Crippen LogP contribution in [0.1, 0.15) is 43.6 Å². The number of hydrogen-bond donors (Lipinski definition) is 1. The van der Waals surface area contributed by atoms with Crippen LogP contribution in [0.5, 0.6) is 0 Å². The fourth-order valence-corrected chi connectivity index (χ4v) is 4.81. The van der Waals surface area contributed by atoms with E-state index in [0.29, 0.717) is 12.2 Å². The summed E-state index contributed by atoms with van der Waals surface area (Å²) in [4.78, 5) is 29.0. The number of anilines is 2. The van der Waals surface area contributed by atoms with E-state index in [1.165, 1.54) is 0 Å². The zero-order valence-electron chi connectivity index (χ0n) is 18.2. The third-order valence-corrected chi connectivity index (χ3v) is 6.31. The first-order valence-corrected chi connectivity index (χ1v) is 11.1. The summed E-state index contributed by atoms with van der Waals surface area (Å²) in [5.74, 6) is -0.114. The maximum Gasteiger partial charge on any atom is 0.230 e. The molecule has 0 saturated carbocycles. The Morgan fingerprint density at radius 1 is 1.03 bits per heavy atom. The summed E-state index contributed by atoms with van der Waals surface area (Å²) in [6, 6.07) is 20.9. The van der Waals surface area contributed by atoms with Crippen molar-refractivity contribution in [3.8, 4) is 0 Å². The summed E-state index contributed by atoms with van der Waals surface area (Å²) in [6.45, 7) is 3.76. The molecule has 1 aromatic heterocycles. The number of para-hydroxylation sites is 2. The summed E-state index contributed by atoms with van der Waals surface area (Å²) < 4.78 is 5.81. The van der Waals surface area contributed by atoms with Gasteiger partial charge in [0, 0.05) is 24.0 Å². The molecule has 5 heteroatoms. The van der Waals surface area contributed by atoms with Crippen LogP contribution < -0.4 is 10.2 Å². The van der Waals surface area contributed by atoms with Crippen molar-refractivity contribution in [2.45, 2.75) is 32.2 Å². The first-order chi connectivity index (χ1) is 15.5. The highest BCUT2D eigenvalue weighted by Crippen LogP contribution is 2.48. The second-order valence-electron chi connectivity index (χ2n) is 8.75. The lowest BCUT2D eigenvalue weighted by molar-refractivity contribution is -0.124. The smallest absolute Gasteiger partial charge is 0.230 e. The van der Waals surface area contributed by atoms with Gasteiger partial charge in [0.25, 0.3) is 0 Å². The van der Waals surface area contributed by atoms with E-state index in [0.717, 1.165) is 22.6 Å². The Bertz CT molecular complexity index is 1160. The molecule has 1 aliphatic heterocycles. The molecule has 3 atom stereocenters. The van der Waals surface area contributed by atoms with Crippen molar-refractivity contribution in [1.82, 2.24) is 0 Å². The van der Waals surface area contributed by atoms with Gasteiger partial charge in [0.05, 0.1) is 23.6 Å². The summed E-state index contributed by atoms with van der Waals surface area (Å²) in [7, 11) is 0. The van der Waals surface area contributed by atoms with Crippen molar-refractivity contribution in [2.24, 2.45) is 11.8 Å². The molecule has 0 bridgehead atoms. The fraction of sp³-hybridized carbons (Fsp3) is 0.259. The van der Waals surface area contributed by atoms with Gasteiger partial charge in [-0.15, -0.1) is 0 Å². The van der Waals surface area contributed by atoms with Crippen LogP contribution in [0, 0.1) is 11.8 Å². The molecule has 0 radical (unpaired) electrons. The Hall–Kier alpha value is -3.60. The number of nitrogens with zero attached hydrogens (tertiary/aromatic N) is 1. The number of benzene rings is 2. The van der Waals surface area contributed by atoms with Gasteiger partial charge >= 0.3 is 0 Å². The largest absolute Gasteiger partial charge is 0.467 e. The number of hydrogen-bond acceptors (Lipinski definition) is 4. The number of Topliss-reactive ketones (excluding diaryl/α,β-unsaturated/α-hetero) is 1. The molecule has 0 saturated heterocycles. The molecule has 32 heavy (non-hydrogen) atoms. The van der Waals surface area contributed by atoms with Gasteiger partial charge in [-0.2, -0.15) is 0 Å². The Balaban J connectivity index is 1.71. The zero-order valence-corrected chi connectivity index (χ0v) is 18.2. The van der Waals surface area contributed by atoms with Crippen molar-refractivity contribution in [3.05, 3.63) is 96.1 Å². The summed E-state index contributed by atoms with van der Waals surface area (Å²) in [5, 5.41) is 3.51. The molecular weight excluding hydrogens is 400 g/mol. The van der Waals surface area contributed by atoms with Gasteiger partial charge in [0.2, 0.25) is 5.91 Å². The van der Waals surface area contributed by atoms with Gasteiger partial charge in [-0.05, 0) is 29.8 Å². The molecule has 1 amide bonds. The molecule has 0 spiro atoms. The van der Waals surface area contributed by atoms with Crippen LogP contribution in [0.15, 0.2) is 89.2 Å². The number of ketones is 1. The summed E-state index contributed by atoms with van der Waals surface area (Å²) in [6.07, 6.45) is 4.13. The van der Waals surface area contributed by atoms with Gasteiger partial charge < -0.3 is 9.73 Å². The summed E-state index contributed by atoms with van der Waals surface area (Å²) >= 11 is 0. The predicted molar refractivity (Wildman–Crippen MR) is 124 cm³/mol. The third kappa shape index (κ3) is 3.44. The second kappa shape index (κ2) is 8.15. The van der Waals surface area contributed by atoms with E-state index in [-0.39, 0.29) is 23.5 Å². The number of nitrogens with one attached hydrogen (secondary N) is 1. The molecule has 2 aromatic carbocycles. The van der Waals surface area contributed by atoms with Gasteiger partial charge in [0.15, 0.2) is 0 Å². The standard InChI is InChI=1S/C27H26N2O3/c1-17(2)27(31)29-22-12-7-6-11-20(22)28-21-15-19(18-9-4-3-5-10-18)16-23(30)25(21)26(29)24-13-8-14-32-24/h3-15,17,19,25-26,28H,16H2,1-2H3/t19-,25-,26-/m0/s1. The molecule has 1 N–H and O–H groups in total. The molecule has 0 fully saturated rings. The minimum absolute atomic E-state index is 0.0146. The van der Waals surface area contributed by atoms with E-state index < -0.39 is 12.0 Å². The van der Waals surface area contributed by atoms with E-state index >= 15 is 0 Å². The monoisotopic (exact) mass is 426 g/mol. The predicted octanol–water partition coefficient (Wildman–Crippen LogP) is 5.69. The number of rotatable bonds is 3. The van der Waals surface area contributed by atoms with Crippen LogP contribution >= 0.6 is 0 Å². The minimum Gasteiger partial charge on any atom is -0.467 e. The molecular formula is C27H26N2O3. The number of fused-ring (bicyclic) bond motifs is 2. The number of furan rings is 1. The Morgan fingerprint density at radius 2 is 1.78 bits per heavy atom. The zero-order chi connectivity index (χ0) is 22.2. The van der Waals surface area contributed by atoms with Crippen molar-refractivity contribution in [2.75, 3.05) is 10.2 Å². The fourth-order valence-electron chi connectivity index (χ4n) is 4.81. The van der Waals surface area contributed by atoms with Crippen molar-refractivity contribution < 1.29 is 14.0 Å². The van der Waals surface area contributed by atoms with Gasteiger partial charge in [-0.3, -0.25) is 14.5 Å². The van der Waals surface area contributed by atoms with Gasteiger partial charge in [-0.1, -0.05) is 62.4 Å². The number of allylic oxidation sites excluding steroid dienone is 1. The maximum absolute atomic E-state index is 13.7. The third-order valence-electron chi connectivity index (χ3n) is 6.31. The minimum atomic E-state index is -0.550. The van der Waals surface area contributed by atoms with E-state index in [2.05, 4.69) is 23.5 Å². The maximum atomic E-state index is 13.7. The highest BCUT2D eigenvalue weighted by Gasteiger charge is 2.46. The lowest BCUT2D eigenvalue weighted by atomic mass is 9.77. The first kappa shape index (κ1) is 20.3. The lowest BCUT2D eigenvalue weighted by Gasteiger charge is -2.36. The summed E-state index contributed by atoms with van der Waals surface area (Å²) in [5.41, 5.74) is 3.50. The molecule has 5 rings (SSSR count). The Morgan fingerprint density at radius 3 is 2.50 bits per heavy atom. The SMILES string of the molecule is CC(C)C(=O)N1c2ccccc2NC2=C[C@H](c3ccccc3)CC(=O)[C@H]2[C@@H]1c1ccco1. The topological polar surface area (TPSA) is 62.6 Å². The molecule has 2 heterocycles. The second-order valence-corrected chi connectivity index (χ2v) is 8.75. The molecule has 162 valence electrons. The van der Waals surface area contributed by atoms with Gasteiger partial charge in [-0.25, -0.2) is 0 Å². The quantitative estimate of drug-likeness (QED) is 0.584. The number of carbonyl (C=O) groups excluding carboxylic acids is 2. The van der Waals surface area contributed by atoms with Crippen molar-refractivity contribution in [1.29, 1.82) is 0 Å². The van der Waals surface area contributed by atoms with Gasteiger partial charge in [0.1, 0.15) is 17.6 Å². The average Bonchev–Trinajstić information content (AvgIpc) is 3.28. The molecule has 0 unspecified atom stereocenters. The average molecular weight is 427 g/mol. The van der Waals surface area contributed by atoms with Crippen LogP contribution in [-0.2, 0) is 9.59 Å². The molecule has 2 aliphatic rings. The van der Waals surface area contributed by atoms with Crippen LogP contribution in [-0.4, -0.2) is 11.7 Å². The van der Waals surface area contributed by atoms with Crippen molar-refractivity contribution in [3.63, 3.8) is 0 Å². The van der Waals surface area contributed by atoms with Crippen LogP contribution in [0.25, 0.3) is 0 Å². The highest BCUT2D eigenvalue weighted by atomic mass is 16.3. The van der Waals surface area contributed by atoms with E-state index in [1.807, 2.05) is 62.4 Å². The van der Waals surface area contributed by atoms with E-state index in [9.17, 15) is 9.59 Å². The van der Waals surface area contributed by atoms with Crippen LogP contribution in [0.3, 0.4) is 0 Å². The normalized spacial score (nSPS) is 22.5. The number of carbonyl (C=O) groups is 2. The van der Waals surface area contributed by atoms with Crippen molar-refractivity contribution >= 4 is 23.1 Å². The highest BCUT2D eigenvalue weighted by molar-refractivity contribution is 6.01. The Kier molecular flexibility index (Phi) is 5.17.